The fraction of sp³-hybridized carbons (Fsp3) is 0.391. The zero-order valence-electron chi connectivity index (χ0n) is 15.5. The highest BCUT2D eigenvalue weighted by Gasteiger charge is 2.43. The minimum atomic E-state index is -1.17. The maximum absolute atomic E-state index is 12.4. The van der Waals surface area contributed by atoms with Gasteiger partial charge in [-0.3, -0.25) is 4.79 Å². The Kier molecular flexibility index (Phi) is 3.30. The van der Waals surface area contributed by atoms with Crippen LogP contribution in [0.15, 0.2) is 35.3 Å². The van der Waals surface area contributed by atoms with E-state index in [9.17, 15) is 14.7 Å². The van der Waals surface area contributed by atoms with Gasteiger partial charge in [0.25, 0.3) is 0 Å². The van der Waals surface area contributed by atoms with Crippen LogP contribution < -0.4 is 5.43 Å². The van der Waals surface area contributed by atoms with Crippen LogP contribution in [-0.4, -0.2) is 28.4 Å². The molecule has 3 heterocycles. The molecule has 4 aliphatic rings. The summed E-state index contributed by atoms with van der Waals surface area (Å²) in [6, 6.07) is 8.36. The van der Waals surface area contributed by atoms with Crippen LogP contribution in [0.3, 0.4) is 0 Å². The topological polar surface area (TPSA) is 68.5 Å². The van der Waals surface area contributed by atoms with Crippen molar-refractivity contribution < 1.29 is 14.6 Å². The average Bonchev–Trinajstić information content (AvgIpc) is 3.20. The zero-order chi connectivity index (χ0) is 19.0. The molecule has 1 saturated carbocycles. The lowest BCUT2D eigenvalue weighted by Gasteiger charge is -2.32. The van der Waals surface area contributed by atoms with E-state index in [1.165, 1.54) is 47.4 Å². The van der Waals surface area contributed by atoms with Gasteiger partial charge in [0.2, 0.25) is 0 Å². The van der Waals surface area contributed by atoms with Gasteiger partial charge in [0.1, 0.15) is 11.7 Å². The van der Waals surface area contributed by atoms with E-state index < -0.39 is 11.4 Å². The Balaban J connectivity index is 1.50. The van der Waals surface area contributed by atoms with Crippen molar-refractivity contribution in [3.8, 4) is 0 Å². The number of benzene rings is 1. The summed E-state index contributed by atoms with van der Waals surface area (Å²) in [5, 5.41) is 9.39. The second kappa shape index (κ2) is 5.67. The van der Waals surface area contributed by atoms with Gasteiger partial charge < -0.3 is 14.4 Å². The minimum absolute atomic E-state index is 0.0459. The van der Waals surface area contributed by atoms with E-state index >= 15 is 0 Å². The van der Waals surface area contributed by atoms with Gasteiger partial charge in [0.15, 0.2) is 5.43 Å². The highest BCUT2D eigenvalue weighted by atomic mass is 16.5. The second-order valence-corrected chi connectivity index (χ2v) is 8.50. The van der Waals surface area contributed by atoms with Crippen LogP contribution in [-0.2, 0) is 17.6 Å². The maximum Gasteiger partial charge on any atom is 0.341 e. The van der Waals surface area contributed by atoms with Gasteiger partial charge in [-0.15, -0.1) is 0 Å². The number of aromatic carboxylic acids is 1. The third kappa shape index (κ3) is 2.29. The van der Waals surface area contributed by atoms with E-state index in [1.54, 1.807) is 0 Å². The van der Waals surface area contributed by atoms with Crippen molar-refractivity contribution >= 4 is 17.1 Å². The number of nitrogens with zero attached hydrogens (tertiary/aromatic N) is 1. The normalized spacial score (nSPS) is 24.6. The lowest BCUT2D eigenvalue weighted by Crippen LogP contribution is -2.31. The van der Waals surface area contributed by atoms with E-state index in [0.717, 1.165) is 36.4 Å². The van der Waals surface area contributed by atoms with Crippen molar-refractivity contribution in [2.75, 3.05) is 6.61 Å². The van der Waals surface area contributed by atoms with E-state index in [0.29, 0.717) is 6.61 Å². The van der Waals surface area contributed by atoms with Crippen LogP contribution in [0, 0.1) is 5.92 Å². The number of rotatable bonds is 3. The lowest BCUT2D eigenvalue weighted by molar-refractivity contribution is 0.0693. The van der Waals surface area contributed by atoms with Gasteiger partial charge in [0.05, 0.1) is 6.04 Å². The standard InChI is InChI=1S/C23H21NO4/c25-20-10-19-16-9-14-8-13(7-12-1-2-12)3-4-15(14)21(16)22-18(5-6-28-22)24(19)11-17(20)23(26)27/h3-4,8,10-12,18,22H,1-2,5-7,9H2,(H,26,27)/t18-,22+/m1/s1. The summed E-state index contributed by atoms with van der Waals surface area (Å²) in [5.74, 6) is -0.326. The van der Waals surface area contributed by atoms with Crippen molar-refractivity contribution in [1.29, 1.82) is 0 Å². The molecule has 5 nitrogen and oxygen atoms in total. The van der Waals surface area contributed by atoms with E-state index in [4.69, 9.17) is 4.74 Å². The molecule has 6 rings (SSSR count). The number of pyridine rings is 1. The SMILES string of the molecule is O=C(O)c1cn2c(cc1=O)C1=C(c3ccc(CC4CC4)cc3C1)[C@H]1OCC[C@H]12. The summed E-state index contributed by atoms with van der Waals surface area (Å²) in [7, 11) is 0. The average molecular weight is 375 g/mol. The van der Waals surface area contributed by atoms with Gasteiger partial charge in [-0.1, -0.05) is 18.2 Å². The van der Waals surface area contributed by atoms with Crippen LogP contribution in [0.25, 0.3) is 11.1 Å². The summed E-state index contributed by atoms with van der Waals surface area (Å²) < 4.78 is 8.10. The summed E-state index contributed by atoms with van der Waals surface area (Å²) in [5.41, 5.74) is 6.54. The van der Waals surface area contributed by atoms with Gasteiger partial charge in [-0.25, -0.2) is 4.79 Å². The van der Waals surface area contributed by atoms with Crippen molar-refractivity contribution in [3.05, 3.63) is 68.6 Å². The first kappa shape index (κ1) is 16.3. The highest BCUT2D eigenvalue weighted by molar-refractivity contribution is 6.00. The Bertz CT molecular complexity index is 1120. The number of aromatic nitrogens is 1. The number of carboxylic acids is 1. The molecular formula is C23H21NO4. The van der Waals surface area contributed by atoms with E-state index in [1.807, 2.05) is 4.57 Å². The molecule has 2 aliphatic heterocycles. The fourth-order valence-electron chi connectivity index (χ4n) is 5.21. The summed E-state index contributed by atoms with van der Waals surface area (Å²) in [4.78, 5) is 23.9. The molecule has 2 fully saturated rings. The largest absolute Gasteiger partial charge is 0.477 e. The number of carbonyl (C=O) groups is 1. The number of hydrogen-bond acceptors (Lipinski definition) is 3. The summed E-state index contributed by atoms with van der Waals surface area (Å²) >= 11 is 0. The van der Waals surface area contributed by atoms with Gasteiger partial charge in [-0.05, 0) is 59.4 Å². The smallest absolute Gasteiger partial charge is 0.341 e. The second-order valence-electron chi connectivity index (χ2n) is 8.50. The number of ether oxygens (including phenoxy) is 1. The molecule has 142 valence electrons. The number of hydrogen-bond donors (Lipinski definition) is 1. The first-order valence-corrected chi connectivity index (χ1v) is 10.1. The molecule has 2 aromatic rings. The Morgan fingerprint density at radius 2 is 2.07 bits per heavy atom. The first-order chi connectivity index (χ1) is 13.6. The Morgan fingerprint density at radius 1 is 1.21 bits per heavy atom. The van der Waals surface area contributed by atoms with Crippen LogP contribution in [0.1, 0.15) is 58.0 Å². The lowest BCUT2D eigenvalue weighted by atomic mass is 9.89. The molecule has 2 atom stereocenters. The molecule has 2 aliphatic carbocycles. The quantitative estimate of drug-likeness (QED) is 0.894. The molecule has 28 heavy (non-hydrogen) atoms. The summed E-state index contributed by atoms with van der Waals surface area (Å²) in [6.07, 6.45) is 6.89. The molecule has 0 unspecified atom stereocenters. The Hall–Kier alpha value is -2.66. The van der Waals surface area contributed by atoms with Crippen molar-refractivity contribution in [2.45, 2.75) is 44.2 Å². The van der Waals surface area contributed by atoms with Crippen LogP contribution in [0.2, 0.25) is 0 Å². The highest BCUT2D eigenvalue weighted by Crippen LogP contribution is 2.50. The van der Waals surface area contributed by atoms with Crippen molar-refractivity contribution in [3.63, 3.8) is 0 Å². The predicted molar refractivity (Wildman–Crippen MR) is 104 cm³/mol. The van der Waals surface area contributed by atoms with E-state index in [-0.39, 0.29) is 17.7 Å². The molecule has 5 heteroatoms. The first-order valence-electron chi connectivity index (χ1n) is 10.1. The molecule has 1 saturated heterocycles. The fourth-order valence-corrected chi connectivity index (χ4v) is 5.21. The van der Waals surface area contributed by atoms with E-state index in [2.05, 4.69) is 18.2 Å². The zero-order valence-corrected chi connectivity index (χ0v) is 15.5. The van der Waals surface area contributed by atoms with Crippen molar-refractivity contribution in [1.82, 2.24) is 4.57 Å². The molecular weight excluding hydrogens is 354 g/mol. The predicted octanol–water partition coefficient (Wildman–Crippen LogP) is 3.31. The van der Waals surface area contributed by atoms with Gasteiger partial charge in [-0.2, -0.15) is 0 Å². The molecule has 0 radical (unpaired) electrons. The molecule has 1 aromatic carbocycles. The molecule has 1 N–H and O–H groups in total. The number of fused-ring (bicyclic) bond motifs is 7. The number of carboxylic acid groups (broad SMARTS) is 1. The number of allylic oxidation sites excluding steroid dienone is 1. The molecule has 0 bridgehead atoms. The van der Waals surface area contributed by atoms with Crippen LogP contribution in [0.5, 0.6) is 0 Å². The minimum Gasteiger partial charge on any atom is -0.477 e. The molecule has 1 aromatic heterocycles. The third-order valence-corrected chi connectivity index (χ3v) is 6.70. The Morgan fingerprint density at radius 3 is 2.86 bits per heavy atom. The van der Waals surface area contributed by atoms with Crippen molar-refractivity contribution in [2.24, 2.45) is 5.92 Å². The molecule has 0 spiro atoms. The summed E-state index contributed by atoms with van der Waals surface area (Å²) in [6.45, 7) is 0.648. The Labute approximate surface area is 162 Å². The van der Waals surface area contributed by atoms with Gasteiger partial charge in [0, 0.05) is 31.0 Å². The van der Waals surface area contributed by atoms with Crippen LogP contribution >= 0.6 is 0 Å². The van der Waals surface area contributed by atoms with Crippen LogP contribution in [0.4, 0.5) is 0 Å². The maximum atomic E-state index is 12.4. The monoisotopic (exact) mass is 375 g/mol. The molecule has 0 amide bonds. The van der Waals surface area contributed by atoms with Gasteiger partial charge >= 0.3 is 5.97 Å². The third-order valence-electron chi connectivity index (χ3n) is 6.70.